The largest absolute Gasteiger partial charge is 0.393 e. The zero-order chi connectivity index (χ0) is 22.3. The first kappa shape index (κ1) is 22.5. The molecule has 2 fully saturated rings. The third-order valence-corrected chi connectivity index (χ3v) is 6.70. The highest BCUT2D eigenvalue weighted by atomic mass is 16.3. The molecule has 4 rings (SSSR count). The van der Waals surface area contributed by atoms with Crippen molar-refractivity contribution in [3.63, 3.8) is 0 Å². The molecule has 6 heteroatoms. The molecular formula is C26H33N3O3. The van der Waals surface area contributed by atoms with Crippen LogP contribution in [0, 0.1) is 0 Å². The second-order valence-corrected chi connectivity index (χ2v) is 8.95. The SMILES string of the molecule is O=C(C[C@H]1C(=O)NCCN1CC(c1ccccc1)c1ccccc1)NC1CCC(O)CC1. The van der Waals surface area contributed by atoms with Crippen molar-refractivity contribution in [2.45, 2.75) is 56.2 Å². The Bertz CT molecular complexity index is 842. The van der Waals surface area contributed by atoms with Crippen molar-refractivity contribution in [1.29, 1.82) is 0 Å². The Kier molecular flexibility index (Phi) is 7.55. The second kappa shape index (κ2) is 10.7. The van der Waals surface area contributed by atoms with Crippen LogP contribution in [0.2, 0.25) is 0 Å². The van der Waals surface area contributed by atoms with Gasteiger partial charge in [0.15, 0.2) is 0 Å². The van der Waals surface area contributed by atoms with Gasteiger partial charge in [0.1, 0.15) is 0 Å². The van der Waals surface area contributed by atoms with Crippen LogP contribution >= 0.6 is 0 Å². The molecule has 2 aliphatic rings. The van der Waals surface area contributed by atoms with Crippen molar-refractivity contribution >= 4 is 11.8 Å². The van der Waals surface area contributed by atoms with Crippen LogP contribution in [0.5, 0.6) is 0 Å². The first-order chi connectivity index (χ1) is 15.6. The molecule has 1 aliphatic carbocycles. The fourth-order valence-corrected chi connectivity index (χ4v) is 4.89. The van der Waals surface area contributed by atoms with Crippen LogP contribution in [0.3, 0.4) is 0 Å². The summed E-state index contributed by atoms with van der Waals surface area (Å²) in [5.41, 5.74) is 2.40. The molecule has 2 amide bonds. The van der Waals surface area contributed by atoms with E-state index in [1.807, 2.05) is 36.4 Å². The molecule has 0 aromatic heterocycles. The van der Waals surface area contributed by atoms with Crippen LogP contribution in [-0.2, 0) is 9.59 Å². The predicted molar refractivity (Wildman–Crippen MR) is 124 cm³/mol. The van der Waals surface area contributed by atoms with Gasteiger partial charge >= 0.3 is 0 Å². The summed E-state index contributed by atoms with van der Waals surface area (Å²) in [6.45, 7) is 1.98. The van der Waals surface area contributed by atoms with E-state index in [4.69, 9.17) is 0 Å². The number of aliphatic hydroxyl groups is 1. The van der Waals surface area contributed by atoms with Gasteiger partial charge in [-0.25, -0.2) is 0 Å². The molecule has 1 atom stereocenters. The molecule has 0 unspecified atom stereocenters. The van der Waals surface area contributed by atoms with Gasteiger partial charge in [0.05, 0.1) is 18.6 Å². The standard InChI is InChI=1S/C26H33N3O3/c30-22-13-11-21(12-14-22)28-25(31)17-24-26(32)27-15-16-29(24)18-23(19-7-3-1-4-8-19)20-9-5-2-6-10-20/h1-10,21-24,30H,11-18H2,(H,27,32)(H,28,31)/t21?,22?,24-/m0/s1. The van der Waals surface area contributed by atoms with Crippen LogP contribution < -0.4 is 10.6 Å². The number of carbonyl (C=O) groups is 2. The van der Waals surface area contributed by atoms with E-state index in [1.165, 1.54) is 11.1 Å². The monoisotopic (exact) mass is 435 g/mol. The molecule has 1 saturated heterocycles. The summed E-state index contributed by atoms with van der Waals surface area (Å²) in [5, 5.41) is 15.7. The summed E-state index contributed by atoms with van der Waals surface area (Å²) in [4.78, 5) is 27.7. The Morgan fingerprint density at radius 1 is 1.00 bits per heavy atom. The van der Waals surface area contributed by atoms with Gasteiger partial charge in [0.2, 0.25) is 11.8 Å². The Morgan fingerprint density at radius 3 is 2.19 bits per heavy atom. The molecule has 170 valence electrons. The Hall–Kier alpha value is -2.70. The molecule has 2 aromatic rings. The summed E-state index contributed by atoms with van der Waals surface area (Å²) in [6, 6.07) is 20.3. The van der Waals surface area contributed by atoms with E-state index in [0.717, 1.165) is 32.2 Å². The number of piperazine rings is 1. The van der Waals surface area contributed by atoms with Crippen molar-refractivity contribution < 1.29 is 14.7 Å². The van der Waals surface area contributed by atoms with Gasteiger partial charge in [-0.3, -0.25) is 14.5 Å². The van der Waals surface area contributed by atoms with Crippen molar-refractivity contribution in [1.82, 2.24) is 15.5 Å². The third kappa shape index (κ3) is 5.75. The number of carbonyl (C=O) groups excluding carboxylic acids is 2. The van der Waals surface area contributed by atoms with Gasteiger partial charge < -0.3 is 15.7 Å². The topological polar surface area (TPSA) is 81.7 Å². The van der Waals surface area contributed by atoms with E-state index in [0.29, 0.717) is 13.1 Å². The van der Waals surface area contributed by atoms with Crippen molar-refractivity contribution in [3.8, 4) is 0 Å². The summed E-state index contributed by atoms with van der Waals surface area (Å²) in [5.74, 6) is -0.0477. The highest BCUT2D eigenvalue weighted by Crippen LogP contribution is 2.27. The molecule has 0 bridgehead atoms. The maximum atomic E-state index is 12.8. The number of nitrogens with zero attached hydrogens (tertiary/aromatic N) is 1. The molecule has 32 heavy (non-hydrogen) atoms. The Labute approximate surface area is 190 Å². The highest BCUT2D eigenvalue weighted by molar-refractivity contribution is 5.89. The second-order valence-electron chi connectivity index (χ2n) is 8.95. The lowest BCUT2D eigenvalue weighted by molar-refractivity contribution is -0.134. The lowest BCUT2D eigenvalue weighted by Crippen LogP contribution is -2.57. The van der Waals surface area contributed by atoms with Crippen LogP contribution in [0.25, 0.3) is 0 Å². The maximum absolute atomic E-state index is 12.8. The molecule has 1 heterocycles. The number of nitrogens with one attached hydrogen (secondary N) is 2. The summed E-state index contributed by atoms with van der Waals surface area (Å²) >= 11 is 0. The lowest BCUT2D eigenvalue weighted by Gasteiger charge is -2.37. The number of rotatable bonds is 7. The molecule has 0 radical (unpaired) electrons. The van der Waals surface area contributed by atoms with E-state index in [2.05, 4.69) is 39.8 Å². The molecular weight excluding hydrogens is 402 g/mol. The van der Waals surface area contributed by atoms with Gasteiger partial charge in [-0.15, -0.1) is 0 Å². The fraction of sp³-hybridized carbons (Fsp3) is 0.462. The van der Waals surface area contributed by atoms with Gasteiger partial charge in [0, 0.05) is 31.6 Å². The molecule has 1 aliphatic heterocycles. The van der Waals surface area contributed by atoms with Crippen LogP contribution in [0.1, 0.15) is 49.1 Å². The molecule has 3 N–H and O–H groups in total. The minimum Gasteiger partial charge on any atom is -0.393 e. The molecule has 0 spiro atoms. The Morgan fingerprint density at radius 2 is 1.59 bits per heavy atom. The number of benzene rings is 2. The average Bonchev–Trinajstić information content (AvgIpc) is 2.82. The van der Waals surface area contributed by atoms with Crippen LogP contribution in [0.4, 0.5) is 0 Å². The molecule has 2 aromatic carbocycles. The van der Waals surface area contributed by atoms with E-state index in [1.54, 1.807) is 0 Å². The highest BCUT2D eigenvalue weighted by Gasteiger charge is 2.34. The van der Waals surface area contributed by atoms with Gasteiger partial charge in [-0.2, -0.15) is 0 Å². The molecule has 6 nitrogen and oxygen atoms in total. The first-order valence-corrected chi connectivity index (χ1v) is 11.7. The zero-order valence-electron chi connectivity index (χ0n) is 18.5. The number of aliphatic hydroxyl groups excluding tert-OH is 1. The average molecular weight is 436 g/mol. The fourth-order valence-electron chi connectivity index (χ4n) is 4.89. The molecule has 1 saturated carbocycles. The van der Waals surface area contributed by atoms with Gasteiger partial charge in [0.25, 0.3) is 0 Å². The van der Waals surface area contributed by atoms with Crippen LogP contribution in [0.15, 0.2) is 60.7 Å². The van der Waals surface area contributed by atoms with Gasteiger partial charge in [-0.1, -0.05) is 60.7 Å². The van der Waals surface area contributed by atoms with E-state index in [9.17, 15) is 14.7 Å². The van der Waals surface area contributed by atoms with Crippen molar-refractivity contribution in [2.24, 2.45) is 0 Å². The van der Waals surface area contributed by atoms with E-state index >= 15 is 0 Å². The van der Waals surface area contributed by atoms with E-state index < -0.39 is 6.04 Å². The van der Waals surface area contributed by atoms with Gasteiger partial charge in [-0.05, 0) is 36.8 Å². The van der Waals surface area contributed by atoms with Crippen LogP contribution in [-0.4, -0.2) is 59.6 Å². The quantitative estimate of drug-likeness (QED) is 0.624. The number of amides is 2. The smallest absolute Gasteiger partial charge is 0.237 e. The predicted octanol–water partition coefficient (Wildman–Crippen LogP) is 2.43. The maximum Gasteiger partial charge on any atom is 0.237 e. The summed E-state index contributed by atoms with van der Waals surface area (Å²) in [7, 11) is 0. The Balaban J connectivity index is 1.47. The minimum absolute atomic E-state index is 0.0784. The van der Waals surface area contributed by atoms with Crippen molar-refractivity contribution in [2.75, 3.05) is 19.6 Å². The lowest BCUT2D eigenvalue weighted by atomic mass is 9.89. The zero-order valence-corrected chi connectivity index (χ0v) is 18.5. The van der Waals surface area contributed by atoms with E-state index in [-0.39, 0.29) is 36.3 Å². The number of hydrogen-bond donors (Lipinski definition) is 3. The summed E-state index contributed by atoms with van der Waals surface area (Å²) < 4.78 is 0. The third-order valence-electron chi connectivity index (χ3n) is 6.70. The first-order valence-electron chi connectivity index (χ1n) is 11.7. The minimum atomic E-state index is -0.479. The number of hydrogen-bond acceptors (Lipinski definition) is 4. The summed E-state index contributed by atoms with van der Waals surface area (Å²) in [6.07, 6.45) is 2.92. The van der Waals surface area contributed by atoms with Crippen molar-refractivity contribution in [3.05, 3.63) is 71.8 Å². The normalized spacial score (nSPS) is 24.2.